The third-order valence-electron chi connectivity index (χ3n) is 3.51. The Morgan fingerprint density at radius 1 is 1.38 bits per heavy atom. The summed E-state index contributed by atoms with van der Waals surface area (Å²) in [6.45, 7) is 0.355. The van der Waals surface area contributed by atoms with E-state index in [2.05, 4.69) is 10.6 Å². The summed E-state index contributed by atoms with van der Waals surface area (Å²) in [6, 6.07) is 6.81. The number of methoxy groups -OCH3 is 1. The van der Waals surface area contributed by atoms with Gasteiger partial charge in [-0.05, 0) is 24.8 Å². The molecule has 6 nitrogen and oxygen atoms in total. The fraction of sp³-hybridized carbons (Fsp3) is 0.467. The lowest BCUT2D eigenvalue weighted by Gasteiger charge is -2.14. The Hall–Kier alpha value is -2.08. The Labute approximate surface area is 123 Å². The highest BCUT2D eigenvalue weighted by Crippen LogP contribution is 2.32. The van der Waals surface area contributed by atoms with Gasteiger partial charge in [0.1, 0.15) is 11.8 Å². The summed E-state index contributed by atoms with van der Waals surface area (Å²) in [4.78, 5) is 22.8. The highest BCUT2D eigenvalue weighted by molar-refractivity contribution is 5.80. The molecule has 0 heterocycles. The van der Waals surface area contributed by atoms with E-state index in [9.17, 15) is 9.59 Å². The zero-order valence-corrected chi connectivity index (χ0v) is 12.0. The summed E-state index contributed by atoms with van der Waals surface area (Å²) in [6.07, 6.45) is 1.82. The maximum Gasteiger partial charge on any atom is 0.320 e. The molecule has 6 heteroatoms. The third-order valence-corrected chi connectivity index (χ3v) is 3.51. The monoisotopic (exact) mass is 292 g/mol. The van der Waals surface area contributed by atoms with Gasteiger partial charge >= 0.3 is 5.97 Å². The average molecular weight is 292 g/mol. The largest absolute Gasteiger partial charge is 0.496 e. The molecule has 1 saturated carbocycles. The molecule has 1 amide bonds. The molecule has 1 unspecified atom stereocenters. The van der Waals surface area contributed by atoms with Crippen LogP contribution in [0.5, 0.6) is 5.75 Å². The molecule has 114 valence electrons. The molecule has 1 fully saturated rings. The zero-order valence-electron chi connectivity index (χ0n) is 12.0. The molecule has 1 aliphatic carbocycles. The van der Waals surface area contributed by atoms with E-state index in [-0.39, 0.29) is 18.4 Å². The van der Waals surface area contributed by atoms with Crippen molar-refractivity contribution >= 4 is 11.9 Å². The number of ether oxygens (including phenoxy) is 1. The molecule has 2 rings (SSSR count). The van der Waals surface area contributed by atoms with Crippen molar-refractivity contribution in [3.63, 3.8) is 0 Å². The lowest BCUT2D eigenvalue weighted by Crippen LogP contribution is -2.44. The normalized spacial score (nSPS) is 15.3. The number of hydrogen-bond donors (Lipinski definition) is 3. The van der Waals surface area contributed by atoms with Crippen LogP contribution in [0.25, 0.3) is 0 Å². The Morgan fingerprint density at radius 2 is 2.10 bits per heavy atom. The Bertz CT molecular complexity index is 514. The van der Waals surface area contributed by atoms with Gasteiger partial charge in [-0.1, -0.05) is 18.2 Å². The van der Waals surface area contributed by atoms with Gasteiger partial charge in [-0.3, -0.25) is 14.9 Å². The summed E-state index contributed by atoms with van der Waals surface area (Å²) in [7, 11) is 1.58. The number of carboxylic acids is 1. The fourth-order valence-corrected chi connectivity index (χ4v) is 2.19. The first kappa shape index (κ1) is 15.3. The summed E-state index contributed by atoms with van der Waals surface area (Å²) in [5.41, 5.74) is 0.880. The topological polar surface area (TPSA) is 87.7 Å². The number of para-hydroxylation sites is 1. The molecular weight excluding hydrogens is 272 g/mol. The van der Waals surface area contributed by atoms with Gasteiger partial charge in [0.15, 0.2) is 0 Å². The molecule has 0 aromatic heterocycles. The second-order valence-corrected chi connectivity index (χ2v) is 5.12. The van der Waals surface area contributed by atoms with Crippen molar-refractivity contribution in [3.8, 4) is 5.75 Å². The van der Waals surface area contributed by atoms with Crippen LogP contribution in [0.3, 0.4) is 0 Å². The maximum absolute atomic E-state index is 11.8. The van der Waals surface area contributed by atoms with E-state index in [1.165, 1.54) is 0 Å². The Kier molecular flexibility index (Phi) is 5.16. The molecule has 1 aliphatic rings. The van der Waals surface area contributed by atoms with Crippen LogP contribution in [0.1, 0.15) is 18.4 Å². The van der Waals surface area contributed by atoms with Crippen LogP contribution in [-0.4, -0.2) is 36.7 Å². The predicted octanol–water partition coefficient (Wildman–Crippen LogP) is 0.764. The van der Waals surface area contributed by atoms with Gasteiger partial charge in [-0.2, -0.15) is 0 Å². The molecule has 1 aromatic rings. The minimum Gasteiger partial charge on any atom is -0.496 e. The summed E-state index contributed by atoms with van der Waals surface area (Å²) < 4.78 is 5.20. The van der Waals surface area contributed by atoms with Crippen molar-refractivity contribution in [1.82, 2.24) is 10.6 Å². The summed E-state index contributed by atoms with van der Waals surface area (Å²) in [5.74, 6) is -0.250. The Morgan fingerprint density at radius 3 is 2.71 bits per heavy atom. The quantitative estimate of drug-likeness (QED) is 0.658. The first-order valence-electron chi connectivity index (χ1n) is 6.96. The number of carbonyl (C=O) groups is 2. The number of nitrogens with one attached hydrogen (secondary N) is 2. The van der Waals surface area contributed by atoms with Crippen molar-refractivity contribution in [3.05, 3.63) is 29.8 Å². The second kappa shape index (κ2) is 7.08. The molecule has 1 aromatic carbocycles. The summed E-state index contributed by atoms with van der Waals surface area (Å²) >= 11 is 0. The van der Waals surface area contributed by atoms with Crippen LogP contribution in [0.2, 0.25) is 0 Å². The lowest BCUT2D eigenvalue weighted by atomic mass is 10.2. The van der Waals surface area contributed by atoms with E-state index in [4.69, 9.17) is 9.84 Å². The lowest BCUT2D eigenvalue weighted by molar-refractivity contribution is -0.140. The van der Waals surface area contributed by atoms with E-state index in [0.717, 1.165) is 18.4 Å². The number of aliphatic carboxylic acids is 1. The minimum atomic E-state index is -0.893. The molecule has 21 heavy (non-hydrogen) atoms. The van der Waals surface area contributed by atoms with Crippen molar-refractivity contribution in [2.24, 2.45) is 5.92 Å². The highest BCUT2D eigenvalue weighted by Gasteiger charge is 2.36. The number of amides is 1. The van der Waals surface area contributed by atoms with E-state index < -0.39 is 12.0 Å². The molecule has 0 spiro atoms. The molecule has 0 bridgehead atoms. The second-order valence-electron chi connectivity index (χ2n) is 5.12. The molecular formula is C15H20N2O4. The molecule has 0 aliphatic heterocycles. The molecule has 0 radical (unpaired) electrons. The van der Waals surface area contributed by atoms with Crippen LogP contribution in [0.15, 0.2) is 24.3 Å². The van der Waals surface area contributed by atoms with E-state index >= 15 is 0 Å². The number of carboxylic acid groups (broad SMARTS) is 1. The van der Waals surface area contributed by atoms with Gasteiger partial charge in [-0.15, -0.1) is 0 Å². The maximum atomic E-state index is 11.8. The minimum absolute atomic E-state index is 0.00259. The fourth-order valence-electron chi connectivity index (χ4n) is 2.19. The van der Waals surface area contributed by atoms with Crippen LogP contribution < -0.4 is 15.4 Å². The van der Waals surface area contributed by atoms with E-state index in [1.807, 2.05) is 24.3 Å². The SMILES string of the molecule is COc1ccccc1CNC(=O)CNC(C(=O)O)C1CC1. The van der Waals surface area contributed by atoms with Gasteiger partial charge < -0.3 is 15.2 Å². The van der Waals surface area contributed by atoms with Gasteiger partial charge in [0.2, 0.25) is 5.91 Å². The zero-order chi connectivity index (χ0) is 15.2. The molecule has 3 N–H and O–H groups in total. The number of hydrogen-bond acceptors (Lipinski definition) is 4. The van der Waals surface area contributed by atoms with Crippen molar-refractivity contribution in [1.29, 1.82) is 0 Å². The van der Waals surface area contributed by atoms with Gasteiger partial charge in [-0.25, -0.2) is 0 Å². The highest BCUT2D eigenvalue weighted by atomic mass is 16.5. The van der Waals surface area contributed by atoms with Gasteiger partial charge in [0.25, 0.3) is 0 Å². The van der Waals surface area contributed by atoms with E-state index in [0.29, 0.717) is 12.3 Å². The predicted molar refractivity (Wildman–Crippen MR) is 77.0 cm³/mol. The first-order chi connectivity index (χ1) is 10.1. The standard InChI is InChI=1S/C15H20N2O4/c1-21-12-5-3-2-4-11(12)8-16-13(18)9-17-14(15(19)20)10-6-7-10/h2-5,10,14,17H,6-9H2,1H3,(H,16,18)(H,19,20). The van der Waals surface area contributed by atoms with Crippen LogP contribution in [-0.2, 0) is 16.1 Å². The average Bonchev–Trinajstić information content (AvgIpc) is 3.30. The number of carbonyl (C=O) groups excluding carboxylic acids is 1. The van der Waals surface area contributed by atoms with Crippen LogP contribution >= 0.6 is 0 Å². The molecule has 0 saturated heterocycles. The number of benzene rings is 1. The smallest absolute Gasteiger partial charge is 0.320 e. The van der Waals surface area contributed by atoms with Crippen LogP contribution in [0, 0.1) is 5.92 Å². The van der Waals surface area contributed by atoms with Gasteiger partial charge in [0.05, 0.1) is 13.7 Å². The van der Waals surface area contributed by atoms with Crippen molar-refractivity contribution in [2.45, 2.75) is 25.4 Å². The number of rotatable bonds is 8. The van der Waals surface area contributed by atoms with E-state index in [1.54, 1.807) is 7.11 Å². The van der Waals surface area contributed by atoms with Crippen molar-refractivity contribution < 1.29 is 19.4 Å². The first-order valence-corrected chi connectivity index (χ1v) is 6.96. The summed E-state index contributed by atoms with van der Waals surface area (Å²) in [5, 5.41) is 14.6. The molecule has 1 atom stereocenters. The van der Waals surface area contributed by atoms with Crippen molar-refractivity contribution in [2.75, 3.05) is 13.7 Å². The van der Waals surface area contributed by atoms with Crippen LogP contribution in [0.4, 0.5) is 0 Å². The van der Waals surface area contributed by atoms with Gasteiger partial charge in [0, 0.05) is 12.1 Å². The third kappa shape index (κ3) is 4.46. The Balaban J connectivity index is 1.78.